The van der Waals surface area contributed by atoms with Crippen LogP contribution >= 0.6 is 0 Å². The highest BCUT2D eigenvalue weighted by Crippen LogP contribution is 2.30. The number of rotatable bonds is 2. The molecular formula is C9H11NO3. The molecule has 0 atom stereocenters. The molecule has 0 fully saturated rings. The Labute approximate surface area is 75.9 Å². The Morgan fingerprint density at radius 1 is 1.54 bits per heavy atom. The highest BCUT2D eigenvalue weighted by molar-refractivity contribution is 5.99. The Kier molecular flexibility index (Phi) is 2.41. The summed E-state index contributed by atoms with van der Waals surface area (Å²) in [6, 6.07) is 2.72. The van der Waals surface area contributed by atoms with Crippen molar-refractivity contribution >= 4 is 11.5 Å². The van der Waals surface area contributed by atoms with Crippen LogP contribution in [0.4, 0.5) is 5.69 Å². The second-order valence-corrected chi connectivity index (χ2v) is 2.67. The first-order valence-corrected chi connectivity index (χ1v) is 3.73. The van der Waals surface area contributed by atoms with Crippen LogP contribution in [0.3, 0.4) is 0 Å². The van der Waals surface area contributed by atoms with E-state index in [1.165, 1.54) is 26.2 Å². The highest BCUT2D eigenvalue weighted by Gasteiger charge is 2.10. The van der Waals surface area contributed by atoms with E-state index >= 15 is 0 Å². The van der Waals surface area contributed by atoms with E-state index in [-0.39, 0.29) is 23.0 Å². The second kappa shape index (κ2) is 3.35. The number of carbonyl (C=O) groups is 1. The maximum Gasteiger partial charge on any atom is 0.162 e. The standard InChI is InChI=1S/C9H11NO3/c1-5(11)6-3-9(13-2)8(12)4-7(6)10/h3-4,12H,10H2,1-2H3. The number of methoxy groups -OCH3 is 1. The molecule has 1 aromatic carbocycles. The quantitative estimate of drug-likeness (QED) is 0.531. The van der Waals surface area contributed by atoms with Gasteiger partial charge in [-0.3, -0.25) is 4.79 Å². The molecule has 4 nitrogen and oxygen atoms in total. The van der Waals surface area contributed by atoms with Crippen molar-refractivity contribution < 1.29 is 14.6 Å². The first-order valence-electron chi connectivity index (χ1n) is 3.73. The Hall–Kier alpha value is -1.71. The fourth-order valence-corrected chi connectivity index (χ4v) is 1.05. The number of ketones is 1. The van der Waals surface area contributed by atoms with Gasteiger partial charge < -0.3 is 15.6 Å². The van der Waals surface area contributed by atoms with Gasteiger partial charge in [0, 0.05) is 17.3 Å². The summed E-state index contributed by atoms with van der Waals surface area (Å²) in [6.07, 6.45) is 0. The number of phenolic OH excluding ortho intramolecular Hbond substituents is 1. The monoisotopic (exact) mass is 181 g/mol. The minimum Gasteiger partial charge on any atom is -0.504 e. The summed E-state index contributed by atoms with van der Waals surface area (Å²) < 4.78 is 4.83. The number of Topliss-reactive ketones (excluding diaryl/α,β-unsaturated/α-hetero) is 1. The number of hydrogen-bond acceptors (Lipinski definition) is 4. The van der Waals surface area contributed by atoms with Crippen molar-refractivity contribution in [2.24, 2.45) is 0 Å². The second-order valence-electron chi connectivity index (χ2n) is 2.67. The Balaban J connectivity index is 3.30. The third-order valence-electron chi connectivity index (χ3n) is 1.73. The van der Waals surface area contributed by atoms with E-state index in [4.69, 9.17) is 10.5 Å². The summed E-state index contributed by atoms with van der Waals surface area (Å²) in [5, 5.41) is 9.28. The number of aromatic hydroxyl groups is 1. The lowest BCUT2D eigenvalue weighted by Gasteiger charge is -2.07. The molecule has 1 aromatic rings. The molecule has 0 spiro atoms. The molecule has 0 aliphatic heterocycles. The predicted octanol–water partition coefficient (Wildman–Crippen LogP) is 1.19. The van der Waals surface area contributed by atoms with Crippen molar-refractivity contribution in [3.8, 4) is 11.5 Å². The Bertz CT molecular complexity index is 347. The summed E-state index contributed by atoms with van der Waals surface area (Å²) in [7, 11) is 1.41. The molecular weight excluding hydrogens is 170 g/mol. The molecule has 3 N–H and O–H groups in total. The Morgan fingerprint density at radius 3 is 2.62 bits per heavy atom. The van der Waals surface area contributed by atoms with Crippen molar-refractivity contribution in [3.05, 3.63) is 17.7 Å². The molecule has 0 unspecified atom stereocenters. The molecule has 0 heterocycles. The highest BCUT2D eigenvalue weighted by atomic mass is 16.5. The van der Waals surface area contributed by atoms with Gasteiger partial charge in [-0.05, 0) is 13.0 Å². The molecule has 0 amide bonds. The smallest absolute Gasteiger partial charge is 0.162 e. The summed E-state index contributed by atoms with van der Waals surface area (Å²) >= 11 is 0. The molecule has 0 aliphatic carbocycles. The number of phenols is 1. The SMILES string of the molecule is COc1cc(C(C)=O)c(N)cc1O. The van der Waals surface area contributed by atoms with Gasteiger partial charge in [-0.15, -0.1) is 0 Å². The fraction of sp³-hybridized carbons (Fsp3) is 0.222. The van der Waals surface area contributed by atoms with E-state index < -0.39 is 0 Å². The predicted molar refractivity (Wildman–Crippen MR) is 49.1 cm³/mol. The van der Waals surface area contributed by atoms with Crippen LogP contribution in [0.25, 0.3) is 0 Å². The van der Waals surface area contributed by atoms with Crippen LogP contribution in [0.1, 0.15) is 17.3 Å². The van der Waals surface area contributed by atoms with Gasteiger partial charge in [0.15, 0.2) is 17.3 Å². The lowest BCUT2D eigenvalue weighted by Crippen LogP contribution is -2.00. The van der Waals surface area contributed by atoms with Crippen LogP contribution in [0.15, 0.2) is 12.1 Å². The van der Waals surface area contributed by atoms with Crippen molar-refractivity contribution in [3.63, 3.8) is 0 Å². The van der Waals surface area contributed by atoms with E-state index in [1.807, 2.05) is 0 Å². The molecule has 0 saturated carbocycles. The fourth-order valence-electron chi connectivity index (χ4n) is 1.05. The summed E-state index contributed by atoms with van der Waals surface area (Å²) in [5.74, 6) is 0.0280. The van der Waals surface area contributed by atoms with Gasteiger partial charge in [-0.25, -0.2) is 0 Å². The van der Waals surface area contributed by atoms with Gasteiger partial charge in [0.25, 0.3) is 0 Å². The minimum atomic E-state index is -0.157. The lowest BCUT2D eigenvalue weighted by atomic mass is 10.1. The Morgan fingerprint density at radius 2 is 2.15 bits per heavy atom. The lowest BCUT2D eigenvalue weighted by molar-refractivity contribution is 0.101. The third-order valence-corrected chi connectivity index (χ3v) is 1.73. The molecule has 0 radical (unpaired) electrons. The summed E-state index contributed by atoms with van der Waals surface area (Å²) in [5.41, 5.74) is 6.12. The molecule has 0 bridgehead atoms. The van der Waals surface area contributed by atoms with Gasteiger partial charge in [-0.2, -0.15) is 0 Å². The van der Waals surface area contributed by atoms with Crippen LogP contribution < -0.4 is 10.5 Å². The van der Waals surface area contributed by atoms with Crippen LogP contribution in [0, 0.1) is 0 Å². The van der Waals surface area contributed by atoms with Crippen LogP contribution in [0.5, 0.6) is 11.5 Å². The average molecular weight is 181 g/mol. The average Bonchev–Trinajstić information content (AvgIpc) is 2.03. The molecule has 0 aliphatic rings. The van der Waals surface area contributed by atoms with E-state index in [0.29, 0.717) is 5.56 Å². The van der Waals surface area contributed by atoms with Crippen LogP contribution in [-0.4, -0.2) is 18.0 Å². The topological polar surface area (TPSA) is 72.5 Å². The zero-order valence-corrected chi connectivity index (χ0v) is 7.50. The number of ether oxygens (including phenoxy) is 1. The van der Waals surface area contributed by atoms with Crippen molar-refractivity contribution in [1.29, 1.82) is 0 Å². The maximum atomic E-state index is 11.0. The van der Waals surface area contributed by atoms with Gasteiger partial charge >= 0.3 is 0 Å². The van der Waals surface area contributed by atoms with Crippen LogP contribution in [-0.2, 0) is 0 Å². The van der Waals surface area contributed by atoms with Gasteiger partial charge in [-0.1, -0.05) is 0 Å². The van der Waals surface area contributed by atoms with Crippen molar-refractivity contribution in [1.82, 2.24) is 0 Å². The number of carbonyl (C=O) groups excluding carboxylic acids is 1. The number of hydrogen-bond donors (Lipinski definition) is 2. The van der Waals surface area contributed by atoms with Gasteiger partial charge in [0.05, 0.1) is 7.11 Å². The zero-order valence-electron chi connectivity index (χ0n) is 7.50. The van der Waals surface area contributed by atoms with Crippen molar-refractivity contribution in [2.45, 2.75) is 6.92 Å². The van der Waals surface area contributed by atoms with Crippen LogP contribution in [0.2, 0.25) is 0 Å². The van der Waals surface area contributed by atoms with E-state index in [1.54, 1.807) is 0 Å². The number of nitrogen functional groups attached to an aromatic ring is 1. The molecule has 13 heavy (non-hydrogen) atoms. The summed E-state index contributed by atoms with van der Waals surface area (Å²) in [6.45, 7) is 1.40. The van der Waals surface area contributed by atoms with E-state index in [9.17, 15) is 9.90 Å². The third kappa shape index (κ3) is 1.72. The molecule has 0 aromatic heterocycles. The molecule has 4 heteroatoms. The molecule has 0 saturated heterocycles. The normalized spacial score (nSPS) is 9.69. The molecule has 1 rings (SSSR count). The number of anilines is 1. The minimum absolute atomic E-state index is 0.0648. The largest absolute Gasteiger partial charge is 0.504 e. The first kappa shape index (κ1) is 9.38. The number of nitrogens with two attached hydrogens (primary N) is 1. The van der Waals surface area contributed by atoms with Crippen molar-refractivity contribution in [2.75, 3.05) is 12.8 Å². The van der Waals surface area contributed by atoms with E-state index in [0.717, 1.165) is 0 Å². The maximum absolute atomic E-state index is 11.0. The van der Waals surface area contributed by atoms with Gasteiger partial charge in [0.1, 0.15) is 0 Å². The number of benzene rings is 1. The summed E-state index contributed by atoms with van der Waals surface area (Å²) in [4.78, 5) is 11.0. The van der Waals surface area contributed by atoms with E-state index in [2.05, 4.69) is 0 Å². The zero-order chi connectivity index (χ0) is 10.0. The molecule has 70 valence electrons. The van der Waals surface area contributed by atoms with Gasteiger partial charge in [0.2, 0.25) is 0 Å². The first-order chi connectivity index (χ1) is 6.06.